The number of amides is 1. The van der Waals surface area contributed by atoms with Crippen LogP contribution in [-0.2, 0) is 14.3 Å². The molecule has 1 N–H and O–H groups in total. The molecule has 1 aromatic carbocycles. The van der Waals surface area contributed by atoms with Crippen molar-refractivity contribution in [3.8, 4) is 11.5 Å². The van der Waals surface area contributed by atoms with Crippen molar-refractivity contribution in [1.82, 2.24) is 10.2 Å². The minimum absolute atomic E-state index is 0.0451. The quantitative estimate of drug-likeness (QED) is 0.549. The molecule has 1 fully saturated rings. The van der Waals surface area contributed by atoms with Crippen LogP contribution in [0.25, 0.3) is 0 Å². The lowest BCUT2D eigenvalue weighted by Crippen LogP contribution is -2.38. The third-order valence-electron chi connectivity index (χ3n) is 5.98. The molecule has 1 aromatic rings. The number of para-hydroxylation sites is 1. The second-order valence-electron chi connectivity index (χ2n) is 8.11. The topological polar surface area (TPSA) is 89.5 Å². The number of carbonyl (C=O) groups excluding carboxylic acids is 2. The number of allylic oxidation sites excluding steroid dienone is 1. The maximum Gasteiger partial charge on any atom is 0.338 e. The van der Waals surface area contributed by atoms with Gasteiger partial charge in [0.1, 0.15) is 0 Å². The number of methoxy groups -OCH3 is 3. The molecule has 0 radical (unpaired) electrons. The Morgan fingerprint density at radius 3 is 2.64 bits per heavy atom. The Balaban J connectivity index is 1.77. The summed E-state index contributed by atoms with van der Waals surface area (Å²) in [7, 11) is 4.51. The predicted octanol–water partition coefficient (Wildman–Crippen LogP) is 3.76. The zero-order valence-corrected chi connectivity index (χ0v) is 20.2. The van der Waals surface area contributed by atoms with Gasteiger partial charge in [-0.25, -0.2) is 9.79 Å². The van der Waals surface area contributed by atoms with Crippen LogP contribution in [-0.4, -0.2) is 49.8 Å². The minimum Gasteiger partial charge on any atom is -0.493 e. The van der Waals surface area contributed by atoms with Crippen molar-refractivity contribution in [2.75, 3.05) is 27.9 Å². The maximum atomic E-state index is 13.0. The normalized spacial score (nSPS) is 19.5. The van der Waals surface area contributed by atoms with Crippen molar-refractivity contribution >= 4 is 28.8 Å². The van der Waals surface area contributed by atoms with Crippen LogP contribution >= 0.6 is 11.8 Å². The molecule has 8 nitrogen and oxygen atoms in total. The average molecular weight is 472 g/mol. The number of fused-ring (bicyclic) bond motifs is 1. The minimum atomic E-state index is -0.567. The van der Waals surface area contributed by atoms with E-state index in [2.05, 4.69) is 5.32 Å². The van der Waals surface area contributed by atoms with E-state index in [9.17, 15) is 9.59 Å². The van der Waals surface area contributed by atoms with E-state index in [-0.39, 0.29) is 12.3 Å². The van der Waals surface area contributed by atoms with Crippen molar-refractivity contribution in [2.24, 2.45) is 10.9 Å². The van der Waals surface area contributed by atoms with Crippen molar-refractivity contribution in [3.05, 3.63) is 46.1 Å². The number of nitrogens with zero attached hydrogens (tertiary/aromatic N) is 2. The number of esters is 1. The van der Waals surface area contributed by atoms with Crippen molar-refractivity contribution < 1.29 is 23.8 Å². The summed E-state index contributed by atoms with van der Waals surface area (Å²) < 4.78 is 16.4. The van der Waals surface area contributed by atoms with Gasteiger partial charge in [0.05, 0.1) is 45.1 Å². The molecule has 1 aliphatic carbocycles. The number of hydrogen-bond donors (Lipinski definition) is 1. The van der Waals surface area contributed by atoms with Gasteiger partial charge in [-0.2, -0.15) is 0 Å². The van der Waals surface area contributed by atoms with Gasteiger partial charge in [-0.1, -0.05) is 30.8 Å². The first-order chi connectivity index (χ1) is 16.0. The molecule has 0 spiro atoms. The molecule has 0 unspecified atom stereocenters. The lowest BCUT2D eigenvalue weighted by Gasteiger charge is -2.37. The average Bonchev–Trinajstić information content (AvgIpc) is 3.60. The van der Waals surface area contributed by atoms with Crippen LogP contribution in [0.1, 0.15) is 44.2 Å². The molecule has 0 bridgehead atoms. The van der Waals surface area contributed by atoms with E-state index >= 15 is 0 Å². The first-order valence-corrected chi connectivity index (χ1v) is 11.9. The van der Waals surface area contributed by atoms with Crippen LogP contribution in [0.3, 0.4) is 0 Å². The van der Waals surface area contributed by atoms with Crippen LogP contribution in [0.5, 0.6) is 11.5 Å². The van der Waals surface area contributed by atoms with E-state index in [0.717, 1.165) is 16.4 Å². The summed E-state index contributed by atoms with van der Waals surface area (Å²) in [5, 5.41) is 5.68. The first-order valence-electron chi connectivity index (χ1n) is 11.0. The fraction of sp³-hybridized carbons (Fsp3) is 0.458. The highest BCUT2D eigenvalue weighted by molar-refractivity contribution is 8.16. The number of thioether (sulfide) groups is 1. The molecule has 33 heavy (non-hydrogen) atoms. The van der Waals surface area contributed by atoms with Crippen LogP contribution in [0.15, 0.2) is 45.6 Å². The van der Waals surface area contributed by atoms with Crippen molar-refractivity contribution in [2.45, 2.75) is 38.6 Å². The molecular formula is C24H29N3O5S. The number of benzene rings is 1. The van der Waals surface area contributed by atoms with Gasteiger partial charge in [0.2, 0.25) is 5.91 Å². The van der Waals surface area contributed by atoms with Gasteiger partial charge >= 0.3 is 5.97 Å². The molecule has 1 amide bonds. The Bertz CT molecular complexity index is 1040. The van der Waals surface area contributed by atoms with E-state index in [1.54, 1.807) is 14.2 Å². The second kappa shape index (κ2) is 9.91. The number of rotatable bonds is 9. The summed E-state index contributed by atoms with van der Waals surface area (Å²) in [4.78, 5) is 32.4. The molecule has 3 aliphatic rings. The first kappa shape index (κ1) is 23.2. The summed E-state index contributed by atoms with van der Waals surface area (Å²) in [5.41, 5.74) is 2.60. The van der Waals surface area contributed by atoms with Crippen molar-refractivity contribution in [3.63, 3.8) is 0 Å². The van der Waals surface area contributed by atoms with E-state index in [0.29, 0.717) is 41.7 Å². The molecule has 9 heteroatoms. The van der Waals surface area contributed by atoms with Gasteiger partial charge in [-0.3, -0.25) is 4.79 Å². The fourth-order valence-corrected chi connectivity index (χ4v) is 5.08. The Hall–Kier alpha value is -2.94. The van der Waals surface area contributed by atoms with Gasteiger partial charge in [0.15, 0.2) is 16.7 Å². The highest BCUT2D eigenvalue weighted by Crippen LogP contribution is 2.49. The summed E-state index contributed by atoms with van der Waals surface area (Å²) in [6, 6.07) is 5.00. The van der Waals surface area contributed by atoms with Gasteiger partial charge < -0.3 is 24.4 Å². The van der Waals surface area contributed by atoms with Gasteiger partial charge in [0.25, 0.3) is 0 Å². The predicted molar refractivity (Wildman–Crippen MR) is 127 cm³/mol. The van der Waals surface area contributed by atoms with Gasteiger partial charge in [-0.05, 0) is 36.7 Å². The van der Waals surface area contributed by atoms with Crippen LogP contribution in [0, 0.1) is 5.92 Å². The summed E-state index contributed by atoms with van der Waals surface area (Å²) in [6.07, 6.45) is 3.10. The van der Waals surface area contributed by atoms with E-state index in [4.69, 9.17) is 19.2 Å². The second-order valence-corrected chi connectivity index (χ2v) is 8.94. The Morgan fingerprint density at radius 2 is 2.00 bits per heavy atom. The molecule has 1 saturated carbocycles. The Kier molecular flexibility index (Phi) is 6.97. The molecular weight excluding hydrogens is 442 g/mol. The zero-order valence-electron chi connectivity index (χ0n) is 19.3. The standard InChI is InChI=1S/C24H29N3O5S/c1-5-17-20(23(29)32-4)21(16-7-6-8-18(30-2)22(16)31-3)27-15(13-33-24(27)26-17)11-19(28)25-12-14-9-10-14/h6-8,13-14,21H,5,9-12H2,1-4H3,(H,25,28)/t21-/m0/s1. The number of aliphatic imine (C=N–C) groups is 1. The molecule has 176 valence electrons. The highest BCUT2D eigenvalue weighted by atomic mass is 32.2. The SMILES string of the molecule is CCC1=C(C(=O)OC)[C@H](c2cccc(OC)c2OC)N2C(CC(=O)NCC3CC3)=CSC2=N1. The molecule has 0 aromatic heterocycles. The largest absolute Gasteiger partial charge is 0.493 e. The maximum absolute atomic E-state index is 13.0. The fourth-order valence-electron chi connectivity index (χ4n) is 4.14. The number of ether oxygens (including phenoxy) is 3. The number of nitrogens with one attached hydrogen (secondary N) is 1. The lowest BCUT2D eigenvalue weighted by molar-refractivity contribution is -0.136. The monoisotopic (exact) mass is 471 g/mol. The smallest absolute Gasteiger partial charge is 0.338 e. The summed E-state index contributed by atoms with van der Waals surface area (Å²) >= 11 is 1.45. The van der Waals surface area contributed by atoms with E-state index in [1.165, 1.54) is 31.7 Å². The molecule has 4 rings (SSSR count). The Labute approximate surface area is 198 Å². The summed E-state index contributed by atoms with van der Waals surface area (Å²) in [6.45, 7) is 2.66. The number of carbonyl (C=O) groups is 2. The van der Waals surface area contributed by atoms with Gasteiger partial charge in [-0.15, -0.1) is 0 Å². The number of amidine groups is 1. The zero-order chi connectivity index (χ0) is 23.5. The van der Waals surface area contributed by atoms with Crippen molar-refractivity contribution in [1.29, 1.82) is 0 Å². The lowest BCUT2D eigenvalue weighted by atomic mass is 9.92. The molecule has 2 heterocycles. The van der Waals surface area contributed by atoms with Crippen LogP contribution < -0.4 is 14.8 Å². The van der Waals surface area contributed by atoms with Gasteiger partial charge in [0, 0.05) is 17.8 Å². The molecule has 1 atom stereocenters. The Morgan fingerprint density at radius 1 is 1.21 bits per heavy atom. The van der Waals surface area contributed by atoms with E-state index < -0.39 is 12.0 Å². The molecule has 2 aliphatic heterocycles. The third kappa shape index (κ3) is 4.59. The van der Waals surface area contributed by atoms with E-state index in [1.807, 2.05) is 35.4 Å². The molecule has 0 saturated heterocycles. The van der Waals surface area contributed by atoms with Crippen LogP contribution in [0.4, 0.5) is 0 Å². The summed E-state index contributed by atoms with van der Waals surface area (Å²) in [5.74, 6) is 1.18. The number of hydrogen-bond acceptors (Lipinski definition) is 8. The highest BCUT2D eigenvalue weighted by Gasteiger charge is 2.43. The van der Waals surface area contributed by atoms with Crippen LogP contribution in [0.2, 0.25) is 0 Å². The third-order valence-corrected chi connectivity index (χ3v) is 6.87.